The molecule has 0 aromatic heterocycles. The number of hydrogen-bond donors (Lipinski definition) is 0. The van der Waals surface area contributed by atoms with E-state index in [4.69, 9.17) is 22.8 Å². The van der Waals surface area contributed by atoms with Gasteiger partial charge in [0.25, 0.3) is 0 Å². The molecular formula is C41H78O6SeSi3. The summed E-state index contributed by atoms with van der Waals surface area (Å²) < 4.78 is 38.2. The first-order valence-corrected chi connectivity index (χ1v) is 28.3. The van der Waals surface area contributed by atoms with Gasteiger partial charge in [0.1, 0.15) is 0 Å². The molecule has 1 saturated heterocycles. The molecule has 1 aromatic rings. The van der Waals surface area contributed by atoms with E-state index in [-0.39, 0.29) is 32.0 Å². The second kappa shape index (κ2) is 19.5. The van der Waals surface area contributed by atoms with Gasteiger partial charge in [-0.2, -0.15) is 0 Å². The molecule has 1 fully saturated rings. The second-order valence-electron chi connectivity index (χ2n) is 18.0. The fourth-order valence-corrected chi connectivity index (χ4v) is 29.3. The summed E-state index contributed by atoms with van der Waals surface area (Å²) in [4.78, 5) is 13.1. The quantitative estimate of drug-likeness (QED) is 0.102. The Kier molecular flexibility index (Phi) is 17.9. The summed E-state index contributed by atoms with van der Waals surface area (Å²) in [6, 6.07) is 10.5. The first-order valence-electron chi connectivity index (χ1n) is 20.1. The molecule has 296 valence electrons. The molecule has 0 radical (unpaired) electrons. The van der Waals surface area contributed by atoms with Crippen LogP contribution in [0.5, 0.6) is 0 Å². The van der Waals surface area contributed by atoms with E-state index in [9.17, 15) is 4.79 Å². The van der Waals surface area contributed by atoms with Crippen molar-refractivity contribution in [3.63, 3.8) is 0 Å². The molecule has 1 aliphatic heterocycles. The van der Waals surface area contributed by atoms with Crippen molar-refractivity contribution < 1.29 is 27.5 Å². The van der Waals surface area contributed by atoms with Crippen molar-refractivity contribution in [3.05, 3.63) is 30.3 Å². The molecule has 1 aromatic carbocycles. The van der Waals surface area contributed by atoms with Crippen molar-refractivity contribution in [2.75, 3.05) is 6.61 Å². The normalized spacial score (nSPS) is 22.6. The Bertz CT molecular complexity index is 1120. The molecule has 2 rings (SSSR count). The maximum atomic E-state index is 13.1. The molecule has 0 bridgehead atoms. The maximum absolute atomic E-state index is 13.1. The molecule has 51 heavy (non-hydrogen) atoms. The summed E-state index contributed by atoms with van der Waals surface area (Å²) in [5.74, 6) is -0.309. The molecule has 0 unspecified atom stereocenters. The van der Waals surface area contributed by atoms with Crippen LogP contribution in [0.4, 0.5) is 0 Å². The van der Waals surface area contributed by atoms with Gasteiger partial charge in [-0.05, 0) is 0 Å². The predicted molar refractivity (Wildman–Crippen MR) is 225 cm³/mol. The Labute approximate surface area is 324 Å². The van der Waals surface area contributed by atoms with Crippen LogP contribution < -0.4 is 4.46 Å². The minimum atomic E-state index is -2.51. The fourth-order valence-electron chi connectivity index (χ4n) is 10.3. The molecule has 10 heteroatoms. The van der Waals surface area contributed by atoms with Crippen LogP contribution >= 0.6 is 0 Å². The van der Waals surface area contributed by atoms with E-state index in [2.05, 4.69) is 149 Å². The summed E-state index contributed by atoms with van der Waals surface area (Å²) in [7, 11) is -7.26. The Morgan fingerprint density at radius 3 is 1.31 bits per heavy atom. The van der Waals surface area contributed by atoms with Crippen molar-refractivity contribution in [3.8, 4) is 0 Å². The Balaban J connectivity index is 3.02. The van der Waals surface area contributed by atoms with E-state index in [0.717, 1.165) is 0 Å². The zero-order valence-electron chi connectivity index (χ0n) is 36.0. The molecule has 1 heterocycles. The molecule has 0 amide bonds. The van der Waals surface area contributed by atoms with Crippen LogP contribution in [0.1, 0.15) is 132 Å². The van der Waals surface area contributed by atoms with Gasteiger partial charge in [-0.1, -0.05) is 0 Å². The van der Waals surface area contributed by atoms with Crippen LogP contribution in [-0.2, 0) is 27.5 Å². The number of benzene rings is 1. The van der Waals surface area contributed by atoms with Gasteiger partial charge in [-0.25, -0.2) is 0 Å². The van der Waals surface area contributed by atoms with E-state index in [1.807, 2.05) is 6.07 Å². The molecule has 0 saturated carbocycles. The zero-order valence-corrected chi connectivity index (χ0v) is 40.7. The first-order chi connectivity index (χ1) is 23.5. The van der Waals surface area contributed by atoms with Crippen LogP contribution in [0.3, 0.4) is 0 Å². The zero-order chi connectivity index (χ0) is 39.2. The van der Waals surface area contributed by atoms with Crippen LogP contribution in [0.15, 0.2) is 30.3 Å². The summed E-state index contributed by atoms with van der Waals surface area (Å²) >= 11 is -0.158. The van der Waals surface area contributed by atoms with Gasteiger partial charge in [0.2, 0.25) is 0 Å². The summed E-state index contributed by atoms with van der Waals surface area (Å²) in [5.41, 5.74) is 3.41. The van der Waals surface area contributed by atoms with Gasteiger partial charge in [0, 0.05) is 0 Å². The first kappa shape index (κ1) is 46.9. The van der Waals surface area contributed by atoms with Gasteiger partial charge < -0.3 is 0 Å². The number of carbonyl (C=O) groups excluding carboxylic acids is 1. The monoisotopic (exact) mass is 830 g/mol. The number of carbonyl (C=O) groups is 1. The Morgan fingerprint density at radius 2 is 0.961 bits per heavy atom. The van der Waals surface area contributed by atoms with E-state index in [1.165, 1.54) is 11.4 Å². The van der Waals surface area contributed by atoms with E-state index in [0.29, 0.717) is 56.5 Å². The van der Waals surface area contributed by atoms with Gasteiger partial charge in [-0.15, -0.1) is 0 Å². The van der Waals surface area contributed by atoms with Crippen molar-refractivity contribution in [1.82, 2.24) is 0 Å². The average molecular weight is 830 g/mol. The van der Waals surface area contributed by atoms with Crippen LogP contribution in [-0.4, -0.2) is 81.9 Å². The molecule has 0 N–H and O–H groups in total. The fraction of sp³-hybridized carbons (Fsp3) is 0.829. The standard InChI is InChI=1S/C41H78O6SeSi3/c1-26(2)49(27(3)4,28(5)6)43-25-37-38(46-50(29(7)8,30(9)10)31(11)12)39(47-51(32(13)14,33(15)16)34(17)18)40(44-35(19)42)41(45-37)48-36-23-21-20-22-24-36/h20-24,26-34,37-41H,25H2,1-19H3/t37-,38-,39+,40-,41+/m1/s1. The van der Waals surface area contributed by atoms with Crippen molar-refractivity contribution in [2.45, 2.75) is 211 Å². The van der Waals surface area contributed by atoms with Crippen molar-refractivity contribution in [1.29, 1.82) is 0 Å². The van der Waals surface area contributed by atoms with E-state index >= 15 is 0 Å². The third-order valence-electron chi connectivity index (χ3n) is 12.2. The van der Waals surface area contributed by atoms with Gasteiger partial charge in [0.05, 0.1) is 0 Å². The average Bonchev–Trinajstić information content (AvgIpc) is 2.99. The number of ether oxygens (including phenoxy) is 2. The van der Waals surface area contributed by atoms with Crippen LogP contribution in [0.2, 0.25) is 49.9 Å². The van der Waals surface area contributed by atoms with Crippen molar-refractivity contribution in [2.24, 2.45) is 0 Å². The molecule has 0 aliphatic carbocycles. The predicted octanol–water partition coefficient (Wildman–Crippen LogP) is 11.0. The SMILES string of the molecule is CC(=O)O[C@@H]1[C@@H](O[Si](C(C)C)(C(C)C)C(C)C)[C@H](O[Si](C(C)C)(C(C)C)C(C)C)[C@@H](CO[Si](C(C)C)(C(C)C)C(C)C)O[C@H]1[Se]c1ccccc1. The second-order valence-corrected chi connectivity index (χ2v) is 36.7. The van der Waals surface area contributed by atoms with Crippen molar-refractivity contribution >= 4 is 50.3 Å². The van der Waals surface area contributed by atoms with Crippen LogP contribution in [0, 0.1) is 0 Å². The van der Waals surface area contributed by atoms with E-state index in [1.54, 1.807) is 0 Å². The molecular weight excluding hydrogens is 752 g/mol. The Hall–Kier alpha value is -0.300. The third-order valence-corrected chi connectivity index (χ3v) is 32.9. The molecule has 1 aliphatic rings. The number of hydrogen-bond acceptors (Lipinski definition) is 6. The van der Waals surface area contributed by atoms with Gasteiger partial charge in [-0.3, -0.25) is 0 Å². The topological polar surface area (TPSA) is 63.2 Å². The summed E-state index contributed by atoms with van der Waals surface area (Å²) in [6.07, 6.45) is -1.91. The molecule has 6 nitrogen and oxygen atoms in total. The number of rotatable bonds is 19. The van der Waals surface area contributed by atoms with E-state index < -0.39 is 43.3 Å². The summed E-state index contributed by atoms with van der Waals surface area (Å²) in [5, 5.41) is -0.359. The Morgan fingerprint density at radius 1 is 0.588 bits per heavy atom. The summed E-state index contributed by atoms with van der Waals surface area (Å²) in [6.45, 7) is 44.0. The molecule has 5 atom stereocenters. The third kappa shape index (κ3) is 10.1. The van der Waals surface area contributed by atoms with Gasteiger partial charge >= 0.3 is 326 Å². The molecule has 0 spiro atoms. The minimum absolute atomic E-state index is 0.158. The number of esters is 1. The van der Waals surface area contributed by atoms with Gasteiger partial charge in [0.15, 0.2) is 0 Å². The van der Waals surface area contributed by atoms with Crippen LogP contribution in [0.25, 0.3) is 0 Å².